The lowest BCUT2D eigenvalue weighted by Gasteiger charge is -2.32. The van der Waals surface area contributed by atoms with Gasteiger partial charge in [0.05, 0.1) is 6.42 Å². The molecule has 140 valence electrons. The highest BCUT2D eigenvalue weighted by molar-refractivity contribution is 5.79. The van der Waals surface area contributed by atoms with E-state index in [0.717, 1.165) is 18.2 Å². The minimum Gasteiger partial charge on any atom is -0.508 e. The van der Waals surface area contributed by atoms with Gasteiger partial charge < -0.3 is 14.6 Å². The van der Waals surface area contributed by atoms with E-state index in [-0.39, 0.29) is 24.0 Å². The Hall–Kier alpha value is -2.51. The van der Waals surface area contributed by atoms with Gasteiger partial charge in [-0.1, -0.05) is 12.1 Å². The van der Waals surface area contributed by atoms with Crippen LogP contribution in [-0.4, -0.2) is 38.6 Å². The molecule has 1 aliphatic rings. The molecule has 0 aliphatic carbocycles. The SMILES string of the molecule is Cn1cc(C(F)(F)F)nc1C1CCCN(C(=O)Cc2ccc(O)cc2)C1. The highest BCUT2D eigenvalue weighted by Gasteiger charge is 2.36. The summed E-state index contributed by atoms with van der Waals surface area (Å²) in [5, 5.41) is 9.30. The van der Waals surface area contributed by atoms with Gasteiger partial charge in [0.1, 0.15) is 11.6 Å². The molecule has 1 fully saturated rings. The number of aromatic nitrogens is 2. The molecule has 1 aromatic heterocycles. The van der Waals surface area contributed by atoms with E-state index in [0.29, 0.717) is 25.3 Å². The van der Waals surface area contributed by atoms with E-state index in [1.165, 1.54) is 16.7 Å². The Morgan fingerprint density at radius 3 is 2.62 bits per heavy atom. The molecule has 0 spiro atoms. The van der Waals surface area contributed by atoms with Crippen LogP contribution in [0.4, 0.5) is 13.2 Å². The number of amides is 1. The summed E-state index contributed by atoms with van der Waals surface area (Å²) in [6, 6.07) is 6.41. The predicted octanol–water partition coefficient (Wildman–Crippen LogP) is 3.09. The van der Waals surface area contributed by atoms with Gasteiger partial charge in [-0.05, 0) is 30.5 Å². The van der Waals surface area contributed by atoms with Crippen molar-refractivity contribution < 1.29 is 23.1 Å². The number of carbonyl (C=O) groups is 1. The van der Waals surface area contributed by atoms with Crippen LogP contribution in [0.2, 0.25) is 0 Å². The molecule has 1 aromatic carbocycles. The van der Waals surface area contributed by atoms with E-state index >= 15 is 0 Å². The predicted molar refractivity (Wildman–Crippen MR) is 88.6 cm³/mol. The number of likely N-dealkylation sites (tertiary alicyclic amines) is 1. The topological polar surface area (TPSA) is 58.4 Å². The zero-order chi connectivity index (χ0) is 18.9. The first-order valence-electron chi connectivity index (χ1n) is 8.40. The van der Waals surface area contributed by atoms with Gasteiger partial charge in [0.2, 0.25) is 5.91 Å². The Bertz CT molecular complexity index is 784. The van der Waals surface area contributed by atoms with Crippen LogP contribution >= 0.6 is 0 Å². The molecule has 5 nitrogen and oxygen atoms in total. The van der Waals surface area contributed by atoms with Crippen molar-refractivity contribution in [2.75, 3.05) is 13.1 Å². The lowest BCUT2D eigenvalue weighted by atomic mass is 9.96. The number of hydrogen-bond acceptors (Lipinski definition) is 3. The number of aryl methyl sites for hydroxylation is 1. The van der Waals surface area contributed by atoms with Crippen molar-refractivity contribution in [3.8, 4) is 5.75 Å². The van der Waals surface area contributed by atoms with Gasteiger partial charge >= 0.3 is 6.18 Å². The number of halogens is 3. The number of alkyl halides is 3. The Labute approximate surface area is 149 Å². The minimum absolute atomic E-state index is 0.0781. The van der Waals surface area contributed by atoms with E-state index in [1.54, 1.807) is 24.1 Å². The fourth-order valence-electron chi connectivity index (χ4n) is 3.31. The van der Waals surface area contributed by atoms with Gasteiger partial charge in [-0.2, -0.15) is 13.2 Å². The molecule has 26 heavy (non-hydrogen) atoms. The van der Waals surface area contributed by atoms with Crippen molar-refractivity contribution in [1.29, 1.82) is 0 Å². The monoisotopic (exact) mass is 367 g/mol. The van der Waals surface area contributed by atoms with Crippen LogP contribution in [0.1, 0.15) is 35.8 Å². The van der Waals surface area contributed by atoms with E-state index in [9.17, 15) is 23.1 Å². The molecule has 1 amide bonds. The second kappa shape index (κ2) is 7.01. The molecule has 1 unspecified atom stereocenters. The maximum atomic E-state index is 12.9. The van der Waals surface area contributed by atoms with E-state index < -0.39 is 11.9 Å². The summed E-state index contributed by atoms with van der Waals surface area (Å²) in [5.41, 5.74) is -0.117. The zero-order valence-corrected chi connectivity index (χ0v) is 14.3. The highest BCUT2D eigenvalue weighted by atomic mass is 19.4. The molecule has 1 aliphatic heterocycles. The number of piperidine rings is 1. The Morgan fingerprint density at radius 2 is 2.00 bits per heavy atom. The summed E-state index contributed by atoms with van der Waals surface area (Å²) in [6.45, 7) is 0.947. The Balaban J connectivity index is 1.70. The zero-order valence-electron chi connectivity index (χ0n) is 14.3. The molecule has 1 saturated heterocycles. The maximum Gasteiger partial charge on any atom is 0.434 e. The molecule has 0 radical (unpaired) electrons. The van der Waals surface area contributed by atoms with Gasteiger partial charge in [-0.15, -0.1) is 0 Å². The number of imidazole rings is 1. The molecule has 1 N–H and O–H groups in total. The number of benzene rings is 1. The van der Waals surface area contributed by atoms with Crippen LogP contribution < -0.4 is 0 Å². The summed E-state index contributed by atoms with van der Waals surface area (Å²) in [5.74, 6) is 0.202. The maximum absolute atomic E-state index is 12.9. The van der Waals surface area contributed by atoms with Gasteiger partial charge in [-0.25, -0.2) is 4.98 Å². The van der Waals surface area contributed by atoms with Crippen molar-refractivity contribution in [2.45, 2.75) is 31.4 Å². The van der Waals surface area contributed by atoms with E-state index in [1.807, 2.05) is 0 Å². The highest BCUT2D eigenvalue weighted by Crippen LogP contribution is 2.32. The van der Waals surface area contributed by atoms with Gasteiger partial charge in [0.15, 0.2) is 5.69 Å². The standard InChI is InChI=1S/C18H20F3N3O2/c1-23-11-15(18(19,20)21)22-17(23)13-3-2-8-24(10-13)16(26)9-12-4-6-14(25)7-5-12/h4-7,11,13,25H,2-3,8-10H2,1H3. The van der Waals surface area contributed by atoms with Crippen LogP contribution in [0, 0.1) is 0 Å². The molecule has 0 bridgehead atoms. The van der Waals surface area contributed by atoms with E-state index in [2.05, 4.69) is 4.98 Å². The molecule has 3 rings (SSSR count). The number of hydrogen-bond donors (Lipinski definition) is 1. The van der Waals surface area contributed by atoms with Crippen molar-refractivity contribution >= 4 is 5.91 Å². The number of carbonyl (C=O) groups excluding carboxylic acids is 1. The molecule has 1 atom stereocenters. The number of nitrogens with zero attached hydrogens (tertiary/aromatic N) is 3. The van der Waals surface area contributed by atoms with Crippen LogP contribution in [0.15, 0.2) is 30.5 Å². The quantitative estimate of drug-likeness (QED) is 0.907. The number of phenols is 1. The van der Waals surface area contributed by atoms with Crippen LogP contribution in [-0.2, 0) is 24.4 Å². The summed E-state index contributed by atoms with van der Waals surface area (Å²) in [6.07, 6.45) is -1.86. The van der Waals surface area contributed by atoms with Crippen molar-refractivity contribution in [1.82, 2.24) is 14.5 Å². The number of rotatable bonds is 3. The van der Waals surface area contributed by atoms with Gasteiger partial charge in [0.25, 0.3) is 0 Å². The van der Waals surface area contributed by atoms with Crippen molar-refractivity contribution in [3.05, 3.63) is 47.5 Å². The molecule has 8 heteroatoms. The van der Waals surface area contributed by atoms with Crippen molar-refractivity contribution in [3.63, 3.8) is 0 Å². The largest absolute Gasteiger partial charge is 0.508 e. The van der Waals surface area contributed by atoms with Gasteiger partial charge in [0, 0.05) is 32.3 Å². The van der Waals surface area contributed by atoms with Gasteiger partial charge in [-0.3, -0.25) is 4.79 Å². The molecular weight excluding hydrogens is 347 g/mol. The molecule has 0 saturated carbocycles. The summed E-state index contributed by atoms with van der Waals surface area (Å²) in [7, 11) is 1.55. The van der Waals surface area contributed by atoms with E-state index in [4.69, 9.17) is 0 Å². The average molecular weight is 367 g/mol. The second-order valence-electron chi connectivity index (χ2n) is 6.62. The minimum atomic E-state index is -4.47. The normalized spacial score (nSPS) is 18.2. The van der Waals surface area contributed by atoms with Crippen LogP contribution in [0.5, 0.6) is 5.75 Å². The second-order valence-corrected chi connectivity index (χ2v) is 6.62. The number of aromatic hydroxyl groups is 1. The van der Waals surface area contributed by atoms with Crippen LogP contribution in [0.3, 0.4) is 0 Å². The molecule has 2 heterocycles. The lowest BCUT2D eigenvalue weighted by Crippen LogP contribution is -2.40. The third-order valence-corrected chi connectivity index (χ3v) is 4.63. The Kier molecular flexibility index (Phi) is 4.93. The van der Waals surface area contributed by atoms with Crippen LogP contribution in [0.25, 0.3) is 0 Å². The fourth-order valence-corrected chi connectivity index (χ4v) is 3.31. The summed E-state index contributed by atoms with van der Waals surface area (Å²) < 4.78 is 40.0. The first-order chi connectivity index (χ1) is 12.2. The molecular formula is C18H20F3N3O2. The molecule has 2 aromatic rings. The first-order valence-corrected chi connectivity index (χ1v) is 8.40. The smallest absolute Gasteiger partial charge is 0.434 e. The third kappa shape index (κ3) is 4.00. The Morgan fingerprint density at radius 1 is 1.31 bits per heavy atom. The first kappa shape index (κ1) is 18.3. The average Bonchev–Trinajstić information content (AvgIpc) is 2.99. The number of phenolic OH excluding ortho intramolecular Hbond substituents is 1. The summed E-state index contributed by atoms with van der Waals surface area (Å²) in [4.78, 5) is 18.0. The summed E-state index contributed by atoms with van der Waals surface area (Å²) >= 11 is 0. The fraction of sp³-hybridized carbons (Fsp3) is 0.444. The third-order valence-electron chi connectivity index (χ3n) is 4.63. The lowest BCUT2D eigenvalue weighted by molar-refractivity contribution is -0.141. The van der Waals surface area contributed by atoms with Crippen molar-refractivity contribution in [2.24, 2.45) is 7.05 Å².